The topological polar surface area (TPSA) is 49.1 Å². The van der Waals surface area contributed by atoms with E-state index in [0.29, 0.717) is 0 Å². The van der Waals surface area contributed by atoms with E-state index in [1.54, 1.807) is 7.05 Å². The Labute approximate surface area is 77.4 Å². The molecule has 0 fully saturated rings. The van der Waals surface area contributed by atoms with Crippen LogP contribution in [-0.4, -0.2) is 12.9 Å². The van der Waals surface area contributed by atoms with Crippen LogP contribution in [0.1, 0.15) is 6.92 Å². The minimum absolute atomic E-state index is 0.719. The van der Waals surface area contributed by atoms with Gasteiger partial charge in [-0.1, -0.05) is 23.4 Å². The number of aliphatic imine (C=N–C) groups is 1. The van der Waals surface area contributed by atoms with Gasteiger partial charge in [-0.15, -0.1) is 0 Å². The van der Waals surface area contributed by atoms with E-state index in [2.05, 4.69) is 20.8 Å². The molecule has 4 nitrogen and oxygen atoms in total. The summed E-state index contributed by atoms with van der Waals surface area (Å²) < 4.78 is 0. The Morgan fingerprint density at radius 2 is 1.92 bits per heavy atom. The number of rotatable bonds is 2. The average Bonchev–Trinajstić information content (AvgIpc) is 2.16. The van der Waals surface area contributed by atoms with E-state index in [1.165, 1.54) is 0 Å². The van der Waals surface area contributed by atoms with E-state index in [4.69, 9.17) is 0 Å². The molecule has 68 valence electrons. The molecule has 0 saturated heterocycles. The lowest BCUT2D eigenvalue weighted by molar-refractivity contribution is 0.888. The van der Waals surface area contributed by atoms with E-state index in [-0.39, 0.29) is 0 Å². The molecule has 1 aromatic carbocycles. The minimum Gasteiger partial charge on any atom is -0.247 e. The van der Waals surface area contributed by atoms with Gasteiger partial charge in [-0.25, -0.2) is 10.4 Å². The van der Waals surface area contributed by atoms with Gasteiger partial charge in [0.1, 0.15) is 5.84 Å². The van der Waals surface area contributed by atoms with Crippen molar-refractivity contribution in [3.05, 3.63) is 30.3 Å². The fraction of sp³-hybridized carbons (Fsp3) is 0.222. The fourth-order valence-corrected chi connectivity index (χ4v) is 0.844. The Bertz CT molecular complexity index is 303. The standard InChI is InChI=1S/C9H12N4/c1-8(12-13-10-2)11-9-6-4-3-5-7-9/h3-7H,1-2H3,(H,10,11,12). The summed E-state index contributed by atoms with van der Waals surface area (Å²) in [7, 11) is 1.60. The highest BCUT2D eigenvalue weighted by molar-refractivity contribution is 5.81. The molecule has 1 N–H and O–H groups in total. The van der Waals surface area contributed by atoms with E-state index in [0.717, 1.165) is 11.5 Å². The maximum Gasteiger partial charge on any atom is 0.121 e. The van der Waals surface area contributed by atoms with Gasteiger partial charge in [0.05, 0.1) is 12.7 Å². The maximum absolute atomic E-state index is 4.25. The van der Waals surface area contributed by atoms with Crippen molar-refractivity contribution < 1.29 is 0 Å². The van der Waals surface area contributed by atoms with Crippen LogP contribution in [-0.2, 0) is 0 Å². The third-order valence-corrected chi connectivity index (χ3v) is 1.36. The smallest absolute Gasteiger partial charge is 0.121 e. The normalized spacial score (nSPS) is 12.0. The van der Waals surface area contributed by atoms with Crippen molar-refractivity contribution in [1.82, 2.24) is 5.43 Å². The van der Waals surface area contributed by atoms with Crippen LogP contribution in [0.25, 0.3) is 0 Å². The summed E-state index contributed by atoms with van der Waals surface area (Å²) in [4.78, 5) is 4.25. The number of amidine groups is 1. The van der Waals surface area contributed by atoms with Gasteiger partial charge in [-0.2, -0.15) is 5.11 Å². The van der Waals surface area contributed by atoms with Crippen LogP contribution in [0.4, 0.5) is 5.69 Å². The molecule has 0 amide bonds. The molecule has 1 aromatic rings. The van der Waals surface area contributed by atoms with Crippen molar-refractivity contribution in [1.29, 1.82) is 0 Å². The molecule has 0 saturated carbocycles. The molecule has 0 spiro atoms. The van der Waals surface area contributed by atoms with Crippen LogP contribution in [0.15, 0.2) is 45.7 Å². The number of nitrogens with zero attached hydrogens (tertiary/aromatic N) is 3. The average molecular weight is 176 g/mol. The van der Waals surface area contributed by atoms with Crippen LogP contribution in [0.3, 0.4) is 0 Å². The molecular weight excluding hydrogens is 164 g/mol. The van der Waals surface area contributed by atoms with Crippen molar-refractivity contribution >= 4 is 11.5 Å². The van der Waals surface area contributed by atoms with Gasteiger partial charge in [-0.05, 0) is 19.1 Å². The van der Waals surface area contributed by atoms with Crippen molar-refractivity contribution in [2.45, 2.75) is 6.92 Å². The van der Waals surface area contributed by atoms with Crippen molar-refractivity contribution in [2.75, 3.05) is 7.05 Å². The second-order valence-corrected chi connectivity index (χ2v) is 2.44. The van der Waals surface area contributed by atoms with Gasteiger partial charge in [0.15, 0.2) is 0 Å². The monoisotopic (exact) mass is 176 g/mol. The van der Waals surface area contributed by atoms with E-state index < -0.39 is 0 Å². The Morgan fingerprint density at radius 1 is 1.23 bits per heavy atom. The van der Waals surface area contributed by atoms with Crippen LogP contribution >= 0.6 is 0 Å². The van der Waals surface area contributed by atoms with Crippen molar-refractivity contribution in [2.24, 2.45) is 15.3 Å². The SMILES string of the molecule is CN=NNC(C)=Nc1ccccc1. The highest BCUT2D eigenvalue weighted by atomic mass is 15.4. The predicted molar refractivity (Wildman–Crippen MR) is 53.1 cm³/mol. The van der Waals surface area contributed by atoms with Gasteiger partial charge >= 0.3 is 0 Å². The first kappa shape index (κ1) is 9.38. The second kappa shape index (κ2) is 5.03. The number of nitrogens with one attached hydrogen (secondary N) is 1. The van der Waals surface area contributed by atoms with Crippen LogP contribution in [0.2, 0.25) is 0 Å². The summed E-state index contributed by atoms with van der Waals surface area (Å²) in [6, 6.07) is 9.68. The quantitative estimate of drug-likeness (QED) is 0.319. The largest absolute Gasteiger partial charge is 0.247 e. The molecule has 0 aliphatic heterocycles. The highest BCUT2D eigenvalue weighted by Gasteiger charge is 1.88. The fourth-order valence-electron chi connectivity index (χ4n) is 0.844. The predicted octanol–water partition coefficient (Wildman–Crippen LogP) is 2.32. The first-order chi connectivity index (χ1) is 6.33. The van der Waals surface area contributed by atoms with Crippen LogP contribution in [0.5, 0.6) is 0 Å². The molecule has 0 atom stereocenters. The lowest BCUT2D eigenvalue weighted by Crippen LogP contribution is -2.11. The lowest BCUT2D eigenvalue weighted by Gasteiger charge is -1.97. The Balaban J connectivity index is 2.65. The Kier molecular flexibility index (Phi) is 3.63. The van der Waals surface area contributed by atoms with E-state index in [1.807, 2.05) is 37.3 Å². The molecule has 0 bridgehead atoms. The van der Waals surface area contributed by atoms with Crippen LogP contribution < -0.4 is 5.43 Å². The van der Waals surface area contributed by atoms with Crippen molar-refractivity contribution in [3.8, 4) is 0 Å². The third kappa shape index (κ3) is 3.46. The molecule has 0 aliphatic rings. The molecule has 13 heavy (non-hydrogen) atoms. The molecule has 0 aromatic heterocycles. The van der Waals surface area contributed by atoms with Crippen molar-refractivity contribution in [3.63, 3.8) is 0 Å². The first-order valence-corrected chi connectivity index (χ1v) is 3.98. The zero-order valence-electron chi connectivity index (χ0n) is 7.73. The summed E-state index contributed by atoms with van der Waals surface area (Å²) in [6.45, 7) is 1.84. The Hall–Kier alpha value is -1.71. The third-order valence-electron chi connectivity index (χ3n) is 1.36. The molecule has 0 heterocycles. The first-order valence-electron chi connectivity index (χ1n) is 3.98. The zero-order valence-corrected chi connectivity index (χ0v) is 7.73. The minimum atomic E-state index is 0.719. The lowest BCUT2D eigenvalue weighted by atomic mass is 10.3. The number of hydrogen-bond acceptors (Lipinski definition) is 3. The molecule has 0 radical (unpaired) electrons. The van der Waals surface area contributed by atoms with Crippen LogP contribution in [0, 0.1) is 0 Å². The second-order valence-electron chi connectivity index (χ2n) is 2.44. The maximum atomic E-state index is 4.25. The van der Waals surface area contributed by atoms with Gasteiger partial charge in [0.25, 0.3) is 0 Å². The van der Waals surface area contributed by atoms with Gasteiger partial charge < -0.3 is 0 Å². The van der Waals surface area contributed by atoms with Gasteiger partial charge in [0.2, 0.25) is 0 Å². The van der Waals surface area contributed by atoms with Gasteiger partial charge in [-0.3, -0.25) is 0 Å². The van der Waals surface area contributed by atoms with Gasteiger partial charge in [0, 0.05) is 0 Å². The highest BCUT2D eigenvalue weighted by Crippen LogP contribution is 2.09. The number of benzene rings is 1. The summed E-state index contributed by atoms with van der Waals surface area (Å²) >= 11 is 0. The molecule has 0 aliphatic carbocycles. The van der Waals surface area contributed by atoms with E-state index >= 15 is 0 Å². The molecule has 4 heteroatoms. The number of hydrogen-bond donors (Lipinski definition) is 1. The molecular formula is C9H12N4. The molecule has 0 unspecified atom stereocenters. The summed E-state index contributed by atoms with van der Waals surface area (Å²) in [5, 5.41) is 7.16. The summed E-state index contributed by atoms with van der Waals surface area (Å²) in [5.74, 6) is 0.719. The molecule has 1 rings (SSSR count). The summed E-state index contributed by atoms with van der Waals surface area (Å²) in [5.41, 5.74) is 3.59. The summed E-state index contributed by atoms with van der Waals surface area (Å²) in [6.07, 6.45) is 0. The Morgan fingerprint density at radius 3 is 2.54 bits per heavy atom. The zero-order chi connectivity index (χ0) is 9.52. The van der Waals surface area contributed by atoms with E-state index in [9.17, 15) is 0 Å². The number of para-hydroxylation sites is 1.